The van der Waals surface area contributed by atoms with Gasteiger partial charge in [-0.3, -0.25) is 4.79 Å². The van der Waals surface area contributed by atoms with Crippen molar-refractivity contribution in [1.29, 1.82) is 0 Å². The zero-order chi connectivity index (χ0) is 15.6. The number of anilines is 1. The Balaban J connectivity index is 2.36. The van der Waals surface area contributed by atoms with Crippen molar-refractivity contribution in [2.45, 2.75) is 6.92 Å². The standard InChI is InChI=1S/C15H11ClFNO3/c1-8-5-6-9(10(16)7-8)14(19)18-12-4-2-3-11(17)13(12)15(20)21/h2-7H,1H3,(H,18,19)(H,20,21). The van der Waals surface area contributed by atoms with E-state index < -0.39 is 23.3 Å². The molecule has 0 aliphatic rings. The zero-order valence-electron chi connectivity index (χ0n) is 11.0. The third-order valence-electron chi connectivity index (χ3n) is 2.84. The smallest absolute Gasteiger partial charge is 0.340 e. The topological polar surface area (TPSA) is 66.4 Å². The van der Waals surface area contributed by atoms with Gasteiger partial charge in [0.15, 0.2) is 0 Å². The molecule has 0 bridgehead atoms. The molecule has 0 aromatic heterocycles. The van der Waals surface area contributed by atoms with Gasteiger partial charge in [-0.15, -0.1) is 0 Å². The van der Waals surface area contributed by atoms with Gasteiger partial charge in [-0.2, -0.15) is 0 Å². The summed E-state index contributed by atoms with van der Waals surface area (Å²) in [5.74, 6) is -2.98. The van der Waals surface area contributed by atoms with E-state index in [9.17, 15) is 14.0 Å². The van der Waals surface area contributed by atoms with Crippen LogP contribution in [0.15, 0.2) is 36.4 Å². The van der Waals surface area contributed by atoms with Gasteiger partial charge in [0.2, 0.25) is 0 Å². The molecule has 2 aromatic rings. The SMILES string of the molecule is Cc1ccc(C(=O)Nc2cccc(F)c2C(=O)O)c(Cl)c1. The molecular weight excluding hydrogens is 297 g/mol. The van der Waals surface area contributed by atoms with Crippen molar-refractivity contribution in [2.24, 2.45) is 0 Å². The van der Waals surface area contributed by atoms with Gasteiger partial charge in [-0.05, 0) is 36.8 Å². The van der Waals surface area contributed by atoms with Crippen molar-refractivity contribution in [1.82, 2.24) is 0 Å². The summed E-state index contributed by atoms with van der Waals surface area (Å²) in [6.45, 7) is 1.82. The third-order valence-corrected chi connectivity index (χ3v) is 3.16. The fourth-order valence-corrected chi connectivity index (χ4v) is 2.16. The minimum Gasteiger partial charge on any atom is -0.478 e. The summed E-state index contributed by atoms with van der Waals surface area (Å²) in [5, 5.41) is 11.6. The Bertz CT molecular complexity index is 731. The Labute approximate surface area is 125 Å². The van der Waals surface area contributed by atoms with Crippen LogP contribution in [0, 0.1) is 12.7 Å². The van der Waals surface area contributed by atoms with Crippen LogP contribution in [-0.2, 0) is 0 Å². The molecule has 0 unspecified atom stereocenters. The lowest BCUT2D eigenvalue weighted by atomic mass is 10.1. The number of amides is 1. The Kier molecular flexibility index (Phi) is 4.23. The summed E-state index contributed by atoms with van der Waals surface area (Å²) in [7, 11) is 0. The van der Waals surface area contributed by atoms with Crippen LogP contribution in [0.2, 0.25) is 5.02 Å². The summed E-state index contributed by atoms with van der Waals surface area (Å²) in [6.07, 6.45) is 0. The first-order valence-electron chi connectivity index (χ1n) is 5.99. The van der Waals surface area contributed by atoms with Gasteiger partial charge in [-0.25, -0.2) is 9.18 Å². The Hall–Kier alpha value is -2.40. The second-order valence-corrected chi connectivity index (χ2v) is 4.81. The fraction of sp³-hybridized carbons (Fsp3) is 0.0667. The van der Waals surface area contributed by atoms with Crippen LogP contribution in [0.3, 0.4) is 0 Å². The van der Waals surface area contributed by atoms with E-state index >= 15 is 0 Å². The van der Waals surface area contributed by atoms with Gasteiger partial charge in [0.05, 0.1) is 16.3 Å². The molecule has 0 spiro atoms. The average Bonchev–Trinajstić information content (AvgIpc) is 2.37. The fourth-order valence-electron chi connectivity index (χ4n) is 1.84. The molecule has 21 heavy (non-hydrogen) atoms. The molecule has 0 aliphatic heterocycles. The number of carbonyl (C=O) groups excluding carboxylic acids is 1. The number of benzene rings is 2. The Morgan fingerprint density at radius 3 is 2.57 bits per heavy atom. The second kappa shape index (κ2) is 5.93. The number of aromatic carboxylic acids is 1. The summed E-state index contributed by atoms with van der Waals surface area (Å²) in [6, 6.07) is 8.47. The number of hydrogen-bond donors (Lipinski definition) is 2. The minimum absolute atomic E-state index is 0.121. The number of carboxylic acid groups (broad SMARTS) is 1. The summed E-state index contributed by atoms with van der Waals surface area (Å²) in [4.78, 5) is 23.2. The summed E-state index contributed by atoms with van der Waals surface area (Å²) >= 11 is 5.97. The maximum Gasteiger partial charge on any atom is 0.340 e. The van der Waals surface area contributed by atoms with Gasteiger partial charge in [0.25, 0.3) is 5.91 Å². The molecule has 1 amide bonds. The third kappa shape index (κ3) is 3.20. The summed E-state index contributed by atoms with van der Waals surface area (Å²) < 4.78 is 13.5. The van der Waals surface area contributed by atoms with Crippen molar-refractivity contribution in [3.8, 4) is 0 Å². The van der Waals surface area contributed by atoms with Crippen LogP contribution in [0.25, 0.3) is 0 Å². The van der Waals surface area contributed by atoms with E-state index in [-0.39, 0.29) is 16.3 Å². The van der Waals surface area contributed by atoms with Crippen LogP contribution < -0.4 is 5.32 Å². The molecule has 2 N–H and O–H groups in total. The highest BCUT2D eigenvalue weighted by Crippen LogP contribution is 2.22. The van der Waals surface area contributed by atoms with Crippen molar-refractivity contribution in [2.75, 3.05) is 5.32 Å². The number of rotatable bonds is 3. The first-order valence-corrected chi connectivity index (χ1v) is 6.37. The second-order valence-electron chi connectivity index (χ2n) is 4.40. The van der Waals surface area contributed by atoms with Crippen molar-refractivity contribution >= 4 is 29.2 Å². The number of nitrogens with one attached hydrogen (secondary N) is 1. The number of hydrogen-bond acceptors (Lipinski definition) is 2. The normalized spacial score (nSPS) is 10.2. The van der Waals surface area contributed by atoms with Crippen molar-refractivity contribution < 1.29 is 19.1 Å². The first kappa shape index (κ1) is 15.0. The van der Waals surface area contributed by atoms with Crippen LogP contribution in [0.5, 0.6) is 0 Å². The number of halogens is 2. The van der Waals surface area contributed by atoms with Crippen LogP contribution in [-0.4, -0.2) is 17.0 Å². The van der Waals surface area contributed by atoms with E-state index in [1.165, 1.54) is 18.2 Å². The highest BCUT2D eigenvalue weighted by Gasteiger charge is 2.18. The average molecular weight is 308 g/mol. The zero-order valence-corrected chi connectivity index (χ0v) is 11.7. The van der Waals surface area contributed by atoms with Gasteiger partial charge < -0.3 is 10.4 Å². The lowest BCUT2D eigenvalue weighted by Crippen LogP contribution is -2.16. The molecule has 6 heteroatoms. The van der Waals surface area contributed by atoms with E-state index in [4.69, 9.17) is 16.7 Å². The first-order chi connectivity index (χ1) is 9.90. The highest BCUT2D eigenvalue weighted by atomic mass is 35.5. The van der Waals surface area contributed by atoms with Crippen LogP contribution in [0.4, 0.5) is 10.1 Å². The molecule has 0 atom stereocenters. The lowest BCUT2D eigenvalue weighted by molar-refractivity contribution is 0.0693. The molecule has 0 heterocycles. The predicted molar refractivity (Wildman–Crippen MR) is 77.5 cm³/mol. The van der Waals surface area contributed by atoms with Crippen molar-refractivity contribution in [3.05, 3.63) is 63.9 Å². The van der Waals surface area contributed by atoms with E-state index in [1.807, 2.05) is 6.92 Å². The lowest BCUT2D eigenvalue weighted by Gasteiger charge is -2.10. The van der Waals surface area contributed by atoms with E-state index in [0.29, 0.717) is 0 Å². The monoisotopic (exact) mass is 307 g/mol. The highest BCUT2D eigenvalue weighted by molar-refractivity contribution is 6.34. The number of carbonyl (C=O) groups is 2. The van der Waals surface area contributed by atoms with E-state index in [2.05, 4.69) is 5.32 Å². The van der Waals surface area contributed by atoms with Crippen molar-refractivity contribution in [3.63, 3.8) is 0 Å². The molecular formula is C15H11ClFNO3. The molecule has 2 rings (SSSR count). The van der Waals surface area contributed by atoms with E-state index in [1.54, 1.807) is 12.1 Å². The van der Waals surface area contributed by atoms with Gasteiger partial charge >= 0.3 is 5.97 Å². The predicted octanol–water partition coefficient (Wildman–Crippen LogP) is 3.74. The molecule has 0 radical (unpaired) electrons. The van der Waals surface area contributed by atoms with Gasteiger partial charge in [-0.1, -0.05) is 23.7 Å². The maximum absolute atomic E-state index is 13.5. The quantitative estimate of drug-likeness (QED) is 0.907. The minimum atomic E-state index is -1.46. The largest absolute Gasteiger partial charge is 0.478 e. The van der Waals surface area contributed by atoms with Gasteiger partial charge in [0.1, 0.15) is 11.4 Å². The molecule has 4 nitrogen and oxygen atoms in total. The van der Waals surface area contributed by atoms with Gasteiger partial charge in [0, 0.05) is 0 Å². The molecule has 0 aliphatic carbocycles. The Morgan fingerprint density at radius 2 is 1.95 bits per heavy atom. The molecule has 2 aromatic carbocycles. The Morgan fingerprint density at radius 1 is 1.24 bits per heavy atom. The molecule has 0 saturated carbocycles. The van der Waals surface area contributed by atoms with E-state index in [0.717, 1.165) is 11.6 Å². The maximum atomic E-state index is 13.5. The summed E-state index contributed by atoms with van der Waals surface area (Å²) in [5.41, 5.74) is 0.356. The molecule has 0 saturated heterocycles. The number of aryl methyl sites for hydroxylation is 1. The number of carboxylic acids is 1. The molecule has 108 valence electrons. The van der Waals surface area contributed by atoms with Crippen LogP contribution >= 0.6 is 11.6 Å². The van der Waals surface area contributed by atoms with Crippen LogP contribution in [0.1, 0.15) is 26.3 Å². The molecule has 0 fully saturated rings.